The maximum atomic E-state index is 11.7. The molecule has 0 saturated carbocycles. The van der Waals surface area contributed by atoms with E-state index in [9.17, 15) is 4.79 Å². The molecule has 4 rings (SSSR count). The van der Waals surface area contributed by atoms with Crippen LogP contribution in [0.4, 0.5) is 0 Å². The van der Waals surface area contributed by atoms with E-state index < -0.39 is 0 Å². The normalized spacial score (nSPS) is 15.0. The highest BCUT2D eigenvalue weighted by molar-refractivity contribution is 5.90. The minimum Gasteiger partial charge on any atom is -0.464 e. The van der Waals surface area contributed by atoms with Gasteiger partial charge in [-0.25, -0.2) is 4.79 Å². The van der Waals surface area contributed by atoms with E-state index in [4.69, 9.17) is 4.74 Å². The summed E-state index contributed by atoms with van der Waals surface area (Å²) in [4.78, 5) is 14.9. The Hall–Kier alpha value is -2.81. The van der Waals surface area contributed by atoms with Gasteiger partial charge >= 0.3 is 5.97 Å². The zero-order valence-corrected chi connectivity index (χ0v) is 13.6. The van der Waals surface area contributed by atoms with Crippen LogP contribution in [0, 0.1) is 0 Å². The molecule has 0 aliphatic heterocycles. The van der Waals surface area contributed by atoms with E-state index in [2.05, 4.69) is 53.5 Å². The number of hydrogen-bond donors (Lipinski definition) is 1. The van der Waals surface area contributed by atoms with Crippen molar-refractivity contribution in [3.8, 4) is 0 Å². The van der Waals surface area contributed by atoms with Gasteiger partial charge in [0, 0.05) is 5.69 Å². The van der Waals surface area contributed by atoms with E-state index in [0.717, 1.165) is 25.0 Å². The molecule has 0 amide bonds. The number of aromatic nitrogens is 1. The number of H-pyrrole nitrogens is 1. The highest BCUT2D eigenvalue weighted by atomic mass is 16.5. The van der Waals surface area contributed by atoms with Crippen molar-refractivity contribution in [1.82, 2.24) is 4.98 Å². The molecule has 3 aromatic rings. The van der Waals surface area contributed by atoms with Gasteiger partial charge in [-0.2, -0.15) is 0 Å². The van der Waals surface area contributed by atoms with E-state index in [0.29, 0.717) is 5.69 Å². The second-order valence-electron chi connectivity index (χ2n) is 6.15. The molecule has 3 nitrogen and oxygen atoms in total. The lowest BCUT2D eigenvalue weighted by atomic mass is 10.0. The maximum absolute atomic E-state index is 11.7. The average Bonchev–Trinajstić information content (AvgIpc) is 3.20. The van der Waals surface area contributed by atoms with Crippen molar-refractivity contribution in [2.45, 2.75) is 19.3 Å². The van der Waals surface area contributed by atoms with Crippen molar-refractivity contribution in [1.29, 1.82) is 0 Å². The zero-order chi connectivity index (χ0) is 16.5. The Morgan fingerprint density at radius 2 is 2.00 bits per heavy atom. The van der Waals surface area contributed by atoms with Crippen LogP contribution in [0.1, 0.15) is 33.7 Å². The lowest BCUT2D eigenvalue weighted by Crippen LogP contribution is -2.01. The number of rotatable bonds is 3. The molecule has 0 unspecified atom stereocenters. The number of nitrogens with one attached hydrogen (secondary N) is 1. The molecule has 1 heterocycles. The Bertz CT molecular complexity index is 944. The van der Waals surface area contributed by atoms with E-state index >= 15 is 0 Å². The Labute approximate surface area is 141 Å². The average molecular weight is 317 g/mol. The summed E-state index contributed by atoms with van der Waals surface area (Å²) >= 11 is 0. The van der Waals surface area contributed by atoms with Crippen LogP contribution >= 0.6 is 0 Å². The highest BCUT2D eigenvalue weighted by Gasteiger charge is 2.21. The van der Waals surface area contributed by atoms with Gasteiger partial charge in [0.15, 0.2) is 0 Å². The minimum atomic E-state index is -0.308. The molecular formula is C21H19NO2. The van der Waals surface area contributed by atoms with Crippen molar-refractivity contribution >= 4 is 22.3 Å². The smallest absolute Gasteiger partial charge is 0.354 e. The topological polar surface area (TPSA) is 42.1 Å². The molecule has 1 aliphatic carbocycles. The molecule has 1 aliphatic rings. The van der Waals surface area contributed by atoms with Crippen molar-refractivity contribution < 1.29 is 9.53 Å². The van der Waals surface area contributed by atoms with Crippen LogP contribution in [-0.4, -0.2) is 18.1 Å². The molecule has 120 valence electrons. The first-order valence-electron chi connectivity index (χ1n) is 8.22. The monoisotopic (exact) mass is 317 g/mol. The molecule has 3 heteroatoms. The van der Waals surface area contributed by atoms with Gasteiger partial charge in [0.2, 0.25) is 0 Å². The third-order valence-electron chi connectivity index (χ3n) is 4.74. The fraction of sp³-hybridized carbons (Fsp3) is 0.190. The number of hydrogen-bond acceptors (Lipinski definition) is 2. The molecule has 2 aromatic carbocycles. The molecule has 0 radical (unpaired) electrons. The van der Waals surface area contributed by atoms with E-state index in [1.807, 2.05) is 6.07 Å². The van der Waals surface area contributed by atoms with Crippen molar-refractivity contribution in [3.05, 3.63) is 77.1 Å². The molecule has 24 heavy (non-hydrogen) atoms. The second kappa shape index (κ2) is 6.00. The predicted octanol–water partition coefficient (Wildman–Crippen LogP) is 4.53. The number of fused-ring (bicyclic) bond motifs is 2. The zero-order valence-electron chi connectivity index (χ0n) is 13.6. The van der Waals surface area contributed by atoms with Gasteiger partial charge in [0.05, 0.1) is 7.11 Å². The number of allylic oxidation sites excluding steroid dienone is 2. The maximum Gasteiger partial charge on any atom is 0.354 e. The summed E-state index contributed by atoms with van der Waals surface area (Å²) in [6.45, 7) is 0. The number of aryl methyl sites for hydroxylation is 1. The lowest BCUT2D eigenvalue weighted by molar-refractivity contribution is 0.0594. The Morgan fingerprint density at radius 3 is 2.88 bits per heavy atom. The summed E-state index contributed by atoms with van der Waals surface area (Å²) in [5, 5.41) is 2.57. The number of benzene rings is 2. The van der Waals surface area contributed by atoms with Crippen LogP contribution in [0.5, 0.6) is 0 Å². The van der Waals surface area contributed by atoms with Gasteiger partial charge < -0.3 is 9.72 Å². The first-order chi connectivity index (χ1) is 11.8. The number of carbonyl (C=O) groups is 1. The lowest BCUT2D eigenvalue weighted by Gasteiger charge is -2.05. The summed E-state index contributed by atoms with van der Waals surface area (Å²) in [5.74, 6) is -0.308. The summed E-state index contributed by atoms with van der Waals surface area (Å²) in [7, 11) is 1.41. The largest absolute Gasteiger partial charge is 0.464 e. The molecule has 0 spiro atoms. The Kier molecular flexibility index (Phi) is 3.69. The van der Waals surface area contributed by atoms with Crippen LogP contribution in [0.3, 0.4) is 0 Å². The fourth-order valence-corrected chi connectivity index (χ4v) is 3.50. The number of esters is 1. The third kappa shape index (κ3) is 2.52. The highest BCUT2D eigenvalue weighted by Crippen LogP contribution is 2.33. The second-order valence-corrected chi connectivity index (χ2v) is 6.15. The van der Waals surface area contributed by atoms with Crippen LogP contribution < -0.4 is 0 Å². The molecule has 0 atom stereocenters. The van der Waals surface area contributed by atoms with Crippen LogP contribution in [0.15, 0.2) is 54.6 Å². The van der Waals surface area contributed by atoms with Crippen molar-refractivity contribution in [2.75, 3.05) is 7.11 Å². The molecule has 1 N–H and O–H groups in total. The standard InChI is InChI=1S/C21H19NO2/c1-24-21(23)19-13-17-12-11-16(20(17)22-19)10-9-15-7-4-6-14-5-2-3-8-18(14)15/h2-8,10,13,22H,9,11-12H2,1H3/b16-10+. The summed E-state index contributed by atoms with van der Waals surface area (Å²) in [6.07, 6.45) is 5.17. The van der Waals surface area contributed by atoms with E-state index in [1.54, 1.807) is 0 Å². The van der Waals surface area contributed by atoms with Gasteiger partial charge in [0.25, 0.3) is 0 Å². The first-order valence-corrected chi connectivity index (χ1v) is 8.22. The predicted molar refractivity (Wildman–Crippen MR) is 96.1 cm³/mol. The van der Waals surface area contributed by atoms with Crippen LogP contribution in [0.25, 0.3) is 16.3 Å². The van der Waals surface area contributed by atoms with Crippen molar-refractivity contribution in [2.24, 2.45) is 0 Å². The summed E-state index contributed by atoms with van der Waals surface area (Å²) in [5.41, 5.74) is 5.45. The van der Waals surface area contributed by atoms with Gasteiger partial charge in [-0.05, 0) is 52.8 Å². The third-order valence-corrected chi connectivity index (χ3v) is 4.74. The quantitative estimate of drug-likeness (QED) is 0.721. The number of carbonyl (C=O) groups excluding carboxylic acids is 1. The van der Waals surface area contributed by atoms with Gasteiger partial charge in [-0.3, -0.25) is 0 Å². The summed E-state index contributed by atoms with van der Waals surface area (Å²) < 4.78 is 4.80. The molecule has 0 fully saturated rings. The van der Waals surface area contributed by atoms with Gasteiger partial charge in [-0.1, -0.05) is 48.5 Å². The molecule has 1 aromatic heterocycles. The molecular weight excluding hydrogens is 298 g/mol. The fourth-order valence-electron chi connectivity index (χ4n) is 3.50. The van der Waals surface area contributed by atoms with E-state index in [-0.39, 0.29) is 5.97 Å². The van der Waals surface area contributed by atoms with Gasteiger partial charge in [-0.15, -0.1) is 0 Å². The SMILES string of the molecule is COC(=O)c1cc2c([nH]1)/C(=C/Cc1cccc3ccccc13)CC2. The van der Waals surface area contributed by atoms with E-state index in [1.165, 1.54) is 34.6 Å². The molecule has 0 saturated heterocycles. The molecule has 0 bridgehead atoms. The Morgan fingerprint density at radius 1 is 1.17 bits per heavy atom. The number of methoxy groups -OCH3 is 1. The number of ether oxygens (including phenoxy) is 1. The Balaban J connectivity index is 1.64. The van der Waals surface area contributed by atoms with Crippen molar-refractivity contribution in [3.63, 3.8) is 0 Å². The minimum absolute atomic E-state index is 0.308. The first kappa shape index (κ1) is 14.8. The van der Waals surface area contributed by atoms with Gasteiger partial charge in [0.1, 0.15) is 5.69 Å². The summed E-state index contributed by atoms with van der Waals surface area (Å²) in [6, 6.07) is 16.8. The van der Waals surface area contributed by atoms with Crippen LogP contribution in [0.2, 0.25) is 0 Å². The number of aromatic amines is 1. The van der Waals surface area contributed by atoms with Crippen LogP contribution in [-0.2, 0) is 17.6 Å².